The molecule has 0 aliphatic heterocycles. The molecule has 1 aromatic carbocycles. The Balaban J connectivity index is 1.69. The molecular formula is C18H28N2O3. The molecule has 2 rings (SSSR count). The molecule has 5 nitrogen and oxygen atoms in total. The van der Waals surface area contributed by atoms with Crippen LogP contribution in [0.3, 0.4) is 0 Å². The first-order chi connectivity index (χ1) is 11.1. The first-order valence-corrected chi connectivity index (χ1v) is 8.27. The van der Waals surface area contributed by atoms with Gasteiger partial charge in [-0.1, -0.05) is 12.1 Å². The molecule has 1 saturated carbocycles. The van der Waals surface area contributed by atoms with Crippen molar-refractivity contribution in [3.8, 4) is 5.75 Å². The molecule has 0 bridgehead atoms. The summed E-state index contributed by atoms with van der Waals surface area (Å²) in [6.45, 7) is 4.31. The van der Waals surface area contributed by atoms with E-state index in [1.807, 2.05) is 31.3 Å². The summed E-state index contributed by atoms with van der Waals surface area (Å²) in [6, 6.07) is 8.26. The third-order valence-corrected chi connectivity index (χ3v) is 4.36. The van der Waals surface area contributed by atoms with Crippen molar-refractivity contribution in [3.63, 3.8) is 0 Å². The van der Waals surface area contributed by atoms with Gasteiger partial charge in [-0.3, -0.25) is 9.69 Å². The standard InChI is InChI=1S/C18H28N2O3/c1-14(16-6-7-16)20(2)13-18(21)19-12-15-4-8-17(9-5-15)23-11-10-22-3/h4-5,8-9,14,16H,6-7,10-13H2,1-3H3,(H,19,21). The average molecular weight is 320 g/mol. The second-order valence-corrected chi connectivity index (χ2v) is 6.26. The van der Waals surface area contributed by atoms with Gasteiger partial charge in [-0.05, 0) is 50.4 Å². The van der Waals surface area contributed by atoms with E-state index >= 15 is 0 Å². The lowest BCUT2D eigenvalue weighted by atomic mass is 10.2. The van der Waals surface area contributed by atoms with Crippen molar-refractivity contribution in [3.05, 3.63) is 29.8 Å². The molecule has 5 heteroatoms. The van der Waals surface area contributed by atoms with Crippen molar-refractivity contribution < 1.29 is 14.3 Å². The van der Waals surface area contributed by atoms with Crippen LogP contribution in [0, 0.1) is 5.92 Å². The van der Waals surface area contributed by atoms with Crippen LogP contribution in [-0.2, 0) is 16.1 Å². The minimum atomic E-state index is 0.0698. The van der Waals surface area contributed by atoms with Gasteiger partial charge in [-0.2, -0.15) is 0 Å². The van der Waals surface area contributed by atoms with Gasteiger partial charge < -0.3 is 14.8 Å². The second kappa shape index (κ2) is 8.89. The van der Waals surface area contributed by atoms with Crippen LogP contribution in [-0.4, -0.2) is 50.8 Å². The number of hydrogen-bond donors (Lipinski definition) is 1. The van der Waals surface area contributed by atoms with Gasteiger partial charge in [0.25, 0.3) is 0 Å². The Morgan fingerprint density at radius 1 is 1.30 bits per heavy atom. The number of rotatable bonds is 10. The van der Waals surface area contributed by atoms with Crippen molar-refractivity contribution in [2.45, 2.75) is 32.4 Å². The quantitative estimate of drug-likeness (QED) is 0.671. The fraction of sp³-hybridized carbons (Fsp3) is 0.611. The lowest BCUT2D eigenvalue weighted by Crippen LogP contribution is -2.40. The average Bonchev–Trinajstić information content (AvgIpc) is 3.38. The van der Waals surface area contributed by atoms with Gasteiger partial charge in [0.05, 0.1) is 13.2 Å². The minimum Gasteiger partial charge on any atom is -0.491 e. The van der Waals surface area contributed by atoms with Crippen LogP contribution in [0.1, 0.15) is 25.3 Å². The molecule has 0 spiro atoms. The van der Waals surface area contributed by atoms with E-state index in [4.69, 9.17) is 9.47 Å². The normalized spacial score (nSPS) is 15.5. The summed E-state index contributed by atoms with van der Waals surface area (Å²) in [7, 11) is 3.67. The molecule has 0 aromatic heterocycles. The zero-order chi connectivity index (χ0) is 16.7. The fourth-order valence-corrected chi connectivity index (χ4v) is 2.51. The maximum absolute atomic E-state index is 12.0. The lowest BCUT2D eigenvalue weighted by molar-refractivity contribution is -0.122. The number of carbonyl (C=O) groups excluding carboxylic acids is 1. The molecule has 1 fully saturated rings. The first-order valence-electron chi connectivity index (χ1n) is 8.27. The van der Waals surface area contributed by atoms with Gasteiger partial charge in [-0.15, -0.1) is 0 Å². The van der Waals surface area contributed by atoms with Crippen LogP contribution in [0.2, 0.25) is 0 Å². The Morgan fingerprint density at radius 2 is 2.00 bits per heavy atom. The molecular weight excluding hydrogens is 292 g/mol. The summed E-state index contributed by atoms with van der Waals surface area (Å²) >= 11 is 0. The number of methoxy groups -OCH3 is 1. The SMILES string of the molecule is COCCOc1ccc(CNC(=O)CN(C)C(C)C2CC2)cc1. The predicted molar refractivity (Wildman–Crippen MR) is 90.5 cm³/mol. The van der Waals surface area contributed by atoms with Crippen LogP contribution >= 0.6 is 0 Å². The zero-order valence-corrected chi connectivity index (χ0v) is 14.4. The third-order valence-electron chi connectivity index (χ3n) is 4.36. The van der Waals surface area contributed by atoms with Gasteiger partial charge in [0.2, 0.25) is 5.91 Å². The van der Waals surface area contributed by atoms with Crippen LogP contribution in [0.25, 0.3) is 0 Å². The Bertz CT molecular complexity index is 486. The topological polar surface area (TPSA) is 50.8 Å². The van der Waals surface area contributed by atoms with Crippen LogP contribution in [0.5, 0.6) is 5.75 Å². The second-order valence-electron chi connectivity index (χ2n) is 6.26. The predicted octanol–water partition coefficient (Wildman–Crippen LogP) is 2.06. The molecule has 1 N–H and O–H groups in total. The van der Waals surface area contributed by atoms with Gasteiger partial charge in [0.15, 0.2) is 0 Å². The van der Waals surface area contributed by atoms with Crippen LogP contribution in [0.15, 0.2) is 24.3 Å². The lowest BCUT2D eigenvalue weighted by Gasteiger charge is -2.23. The van der Waals surface area contributed by atoms with Crippen molar-refractivity contribution in [2.75, 3.05) is 33.9 Å². The van der Waals surface area contributed by atoms with Gasteiger partial charge in [0, 0.05) is 19.7 Å². The maximum Gasteiger partial charge on any atom is 0.234 e. The zero-order valence-electron chi connectivity index (χ0n) is 14.4. The molecule has 1 unspecified atom stereocenters. The molecule has 1 aliphatic rings. The summed E-state index contributed by atoms with van der Waals surface area (Å²) < 4.78 is 10.5. The van der Waals surface area contributed by atoms with Crippen LogP contribution < -0.4 is 10.1 Å². The van der Waals surface area contributed by atoms with Crippen molar-refractivity contribution in [1.29, 1.82) is 0 Å². The van der Waals surface area contributed by atoms with Crippen LogP contribution in [0.4, 0.5) is 0 Å². The monoisotopic (exact) mass is 320 g/mol. The molecule has 0 saturated heterocycles. The smallest absolute Gasteiger partial charge is 0.234 e. The fourth-order valence-electron chi connectivity index (χ4n) is 2.51. The summed E-state index contributed by atoms with van der Waals surface area (Å²) in [5.74, 6) is 1.66. The number of hydrogen-bond acceptors (Lipinski definition) is 4. The molecule has 0 heterocycles. The highest BCUT2D eigenvalue weighted by molar-refractivity contribution is 5.78. The van der Waals surface area contributed by atoms with Gasteiger partial charge in [-0.25, -0.2) is 0 Å². The number of nitrogens with zero attached hydrogens (tertiary/aromatic N) is 1. The number of carbonyl (C=O) groups is 1. The Morgan fingerprint density at radius 3 is 2.61 bits per heavy atom. The number of nitrogens with one attached hydrogen (secondary N) is 1. The summed E-state index contributed by atoms with van der Waals surface area (Å²) in [5.41, 5.74) is 1.07. The molecule has 0 radical (unpaired) electrons. The van der Waals surface area contributed by atoms with E-state index in [9.17, 15) is 4.79 Å². The van der Waals surface area contributed by atoms with Crippen molar-refractivity contribution in [2.24, 2.45) is 5.92 Å². The van der Waals surface area contributed by atoms with E-state index in [1.54, 1.807) is 7.11 Å². The maximum atomic E-state index is 12.0. The van der Waals surface area contributed by atoms with Gasteiger partial charge >= 0.3 is 0 Å². The van der Waals surface area contributed by atoms with Crippen molar-refractivity contribution in [1.82, 2.24) is 10.2 Å². The number of likely N-dealkylation sites (N-methyl/N-ethyl adjacent to an activating group) is 1. The molecule has 1 aromatic rings. The highest BCUT2D eigenvalue weighted by Gasteiger charge is 2.30. The molecule has 128 valence electrons. The number of ether oxygens (including phenoxy) is 2. The Hall–Kier alpha value is -1.59. The largest absolute Gasteiger partial charge is 0.491 e. The molecule has 23 heavy (non-hydrogen) atoms. The molecule has 1 amide bonds. The minimum absolute atomic E-state index is 0.0698. The third kappa shape index (κ3) is 6.20. The van der Waals surface area contributed by atoms with E-state index in [1.165, 1.54) is 12.8 Å². The Kier molecular flexibility index (Phi) is 6.86. The summed E-state index contributed by atoms with van der Waals surface area (Å²) in [5, 5.41) is 2.97. The molecule has 1 atom stereocenters. The van der Waals surface area contributed by atoms with E-state index in [0.29, 0.717) is 32.3 Å². The van der Waals surface area contributed by atoms with Crippen molar-refractivity contribution >= 4 is 5.91 Å². The highest BCUT2D eigenvalue weighted by atomic mass is 16.5. The number of amides is 1. The van der Waals surface area contributed by atoms with Gasteiger partial charge in [0.1, 0.15) is 12.4 Å². The van der Waals surface area contributed by atoms with E-state index < -0.39 is 0 Å². The van der Waals surface area contributed by atoms with E-state index in [-0.39, 0.29) is 5.91 Å². The van der Waals surface area contributed by atoms with E-state index in [2.05, 4.69) is 17.1 Å². The Labute approximate surface area is 139 Å². The molecule has 1 aliphatic carbocycles. The first kappa shape index (κ1) is 17.8. The summed E-state index contributed by atoms with van der Waals surface area (Å²) in [6.07, 6.45) is 2.60. The number of benzene rings is 1. The summed E-state index contributed by atoms with van der Waals surface area (Å²) in [4.78, 5) is 14.2. The van der Waals surface area contributed by atoms with E-state index in [0.717, 1.165) is 17.2 Å². The highest BCUT2D eigenvalue weighted by Crippen LogP contribution is 2.34.